The predicted molar refractivity (Wildman–Crippen MR) is 99.1 cm³/mol. The Kier molecular flexibility index (Phi) is 5.18. The van der Waals surface area contributed by atoms with Gasteiger partial charge in [0.05, 0.1) is 23.1 Å². The summed E-state index contributed by atoms with van der Waals surface area (Å²) >= 11 is 0. The summed E-state index contributed by atoms with van der Waals surface area (Å²) in [6.07, 6.45) is 3.29. The molecule has 1 aromatic carbocycles. The smallest absolute Gasteiger partial charge is 0.340 e. The SMILES string of the molecule is CC(C)(C)C(=O)COC(=O)c1ccccc1N1C(=O)[C@H]2CCCC[C@@H]2C1=O. The predicted octanol–water partition coefficient (Wildman–Crippen LogP) is 3.14. The normalized spacial score (nSPS) is 22.6. The van der Waals surface area contributed by atoms with Gasteiger partial charge in [0.15, 0.2) is 12.4 Å². The highest BCUT2D eigenvalue weighted by Crippen LogP contribution is 2.40. The number of anilines is 1. The molecule has 1 saturated heterocycles. The van der Waals surface area contributed by atoms with Crippen LogP contribution >= 0.6 is 0 Å². The number of carbonyl (C=O) groups is 4. The molecule has 144 valence electrons. The Morgan fingerprint density at radius 2 is 1.59 bits per heavy atom. The van der Waals surface area contributed by atoms with Crippen molar-refractivity contribution < 1.29 is 23.9 Å². The van der Waals surface area contributed by atoms with Crippen LogP contribution in [-0.2, 0) is 19.1 Å². The van der Waals surface area contributed by atoms with Crippen LogP contribution in [-0.4, -0.2) is 30.2 Å². The fraction of sp³-hybridized carbons (Fsp3) is 0.524. The molecule has 1 aliphatic carbocycles. The van der Waals surface area contributed by atoms with Gasteiger partial charge in [-0.25, -0.2) is 9.69 Å². The van der Waals surface area contributed by atoms with Crippen molar-refractivity contribution in [1.29, 1.82) is 0 Å². The Labute approximate surface area is 158 Å². The highest BCUT2D eigenvalue weighted by molar-refractivity contribution is 6.23. The maximum Gasteiger partial charge on any atom is 0.340 e. The van der Waals surface area contributed by atoms with Gasteiger partial charge in [0.25, 0.3) is 0 Å². The molecule has 0 bridgehead atoms. The van der Waals surface area contributed by atoms with Gasteiger partial charge in [-0.3, -0.25) is 14.4 Å². The molecule has 2 atom stereocenters. The molecule has 2 fully saturated rings. The molecule has 6 nitrogen and oxygen atoms in total. The summed E-state index contributed by atoms with van der Waals surface area (Å²) in [7, 11) is 0. The number of amides is 2. The lowest BCUT2D eigenvalue weighted by Crippen LogP contribution is -2.33. The molecule has 1 aliphatic heterocycles. The van der Waals surface area contributed by atoms with Gasteiger partial charge >= 0.3 is 5.97 Å². The van der Waals surface area contributed by atoms with Gasteiger partial charge in [-0.1, -0.05) is 45.7 Å². The first kappa shape index (κ1) is 19.3. The van der Waals surface area contributed by atoms with E-state index in [0.29, 0.717) is 12.8 Å². The Bertz CT molecular complexity index is 768. The number of rotatable bonds is 4. The third kappa shape index (κ3) is 3.66. The number of hydrogen-bond donors (Lipinski definition) is 0. The molecule has 3 rings (SSSR count). The topological polar surface area (TPSA) is 80.8 Å². The number of nitrogens with zero attached hydrogens (tertiary/aromatic N) is 1. The quantitative estimate of drug-likeness (QED) is 0.600. The zero-order valence-corrected chi connectivity index (χ0v) is 16.0. The van der Waals surface area contributed by atoms with Crippen LogP contribution in [0.2, 0.25) is 0 Å². The van der Waals surface area contributed by atoms with Crippen molar-refractivity contribution in [3.63, 3.8) is 0 Å². The largest absolute Gasteiger partial charge is 0.454 e. The molecule has 0 radical (unpaired) electrons. The van der Waals surface area contributed by atoms with E-state index in [1.165, 1.54) is 6.07 Å². The highest BCUT2D eigenvalue weighted by atomic mass is 16.5. The summed E-state index contributed by atoms with van der Waals surface area (Å²) in [6, 6.07) is 6.41. The van der Waals surface area contributed by atoms with Gasteiger partial charge in [-0.05, 0) is 25.0 Å². The van der Waals surface area contributed by atoms with Gasteiger partial charge in [-0.2, -0.15) is 0 Å². The Balaban J connectivity index is 1.84. The first-order valence-corrected chi connectivity index (χ1v) is 9.39. The fourth-order valence-electron chi connectivity index (χ4n) is 3.67. The van der Waals surface area contributed by atoms with E-state index in [1.807, 2.05) is 0 Å². The lowest BCUT2D eigenvalue weighted by atomic mass is 9.81. The average Bonchev–Trinajstić information content (AvgIpc) is 2.89. The number of hydrogen-bond acceptors (Lipinski definition) is 5. The zero-order chi connectivity index (χ0) is 19.8. The number of ether oxygens (including phenoxy) is 1. The lowest BCUT2D eigenvalue weighted by Gasteiger charge is -2.19. The van der Waals surface area contributed by atoms with E-state index in [0.717, 1.165) is 17.7 Å². The fourth-order valence-corrected chi connectivity index (χ4v) is 3.67. The number of imide groups is 1. The third-order valence-corrected chi connectivity index (χ3v) is 5.38. The summed E-state index contributed by atoms with van der Waals surface area (Å²) < 4.78 is 5.17. The average molecular weight is 371 g/mol. The second kappa shape index (κ2) is 7.25. The maximum absolute atomic E-state index is 12.8. The zero-order valence-electron chi connectivity index (χ0n) is 16.0. The van der Waals surface area contributed by atoms with E-state index in [4.69, 9.17) is 4.74 Å². The number of esters is 1. The first-order valence-electron chi connectivity index (χ1n) is 9.39. The molecule has 6 heteroatoms. The van der Waals surface area contributed by atoms with Gasteiger partial charge in [0.1, 0.15) is 0 Å². The Morgan fingerprint density at radius 1 is 1.04 bits per heavy atom. The number of fused-ring (bicyclic) bond motifs is 1. The summed E-state index contributed by atoms with van der Waals surface area (Å²) in [5.41, 5.74) is -0.245. The molecule has 0 aromatic heterocycles. The number of Topliss-reactive ketones (excluding diaryl/α,β-unsaturated/α-hetero) is 1. The molecule has 2 amide bonds. The molecule has 0 N–H and O–H groups in total. The van der Waals surface area contributed by atoms with Gasteiger partial charge < -0.3 is 4.74 Å². The van der Waals surface area contributed by atoms with E-state index in [1.54, 1.807) is 39.0 Å². The summed E-state index contributed by atoms with van der Waals surface area (Å²) in [5, 5.41) is 0. The minimum absolute atomic E-state index is 0.125. The Morgan fingerprint density at radius 3 is 2.15 bits per heavy atom. The molecule has 1 aromatic rings. The third-order valence-electron chi connectivity index (χ3n) is 5.38. The summed E-state index contributed by atoms with van der Waals surface area (Å²) in [6.45, 7) is 4.91. The van der Waals surface area contributed by atoms with Crippen molar-refractivity contribution in [2.24, 2.45) is 17.3 Å². The van der Waals surface area contributed by atoms with E-state index < -0.39 is 11.4 Å². The molecular weight excluding hydrogens is 346 g/mol. The minimum atomic E-state index is -0.710. The van der Waals surface area contributed by atoms with Crippen molar-refractivity contribution >= 4 is 29.3 Å². The van der Waals surface area contributed by atoms with E-state index >= 15 is 0 Å². The number of ketones is 1. The molecule has 1 saturated carbocycles. The van der Waals surface area contributed by atoms with Crippen molar-refractivity contribution in [3.05, 3.63) is 29.8 Å². The first-order chi connectivity index (χ1) is 12.7. The Hall–Kier alpha value is -2.50. The van der Waals surface area contributed by atoms with Gasteiger partial charge in [0.2, 0.25) is 11.8 Å². The van der Waals surface area contributed by atoms with Crippen molar-refractivity contribution in [1.82, 2.24) is 0 Å². The van der Waals surface area contributed by atoms with E-state index in [-0.39, 0.29) is 47.3 Å². The second-order valence-electron chi connectivity index (χ2n) is 8.28. The summed E-state index contributed by atoms with van der Waals surface area (Å²) in [4.78, 5) is 51.4. The monoisotopic (exact) mass is 371 g/mol. The molecule has 27 heavy (non-hydrogen) atoms. The van der Waals surface area contributed by atoms with Crippen LogP contribution in [0.25, 0.3) is 0 Å². The molecule has 1 heterocycles. The van der Waals surface area contributed by atoms with Crippen molar-refractivity contribution in [2.45, 2.75) is 46.5 Å². The maximum atomic E-state index is 12.8. The van der Waals surface area contributed by atoms with E-state index in [9.17, 15) is 19.2 Å². The van der Waals surface area contributed by atoms with Crippen molar-refractivity contribution in [2.75, 3.05) is 11.5 Å². The van der Waals surface area contributed by atoms with Crippen LogP contribution in [0.3, 0.4) is 0 Å². The minimum Gasteiger partial charge on any atom is -0.454 e. The van der Waals surface area contributed by atoms with Crippen LogP contribution in [0, 0.1) is 17.3 Å². The van der Waals surface area contributed by atoms with Crippen LogP contribution in [0.4, 0.5) is 5.69 Å². The van der Waals surface area contributed by atoms with Crippen molar-refractivity contribution in [3.8, 4) is 0 Å². The number of benzene rings is 1. The summed E-state index contributed by atoms with van der Waals surface area (Å²) in [5.74, 6) is -1.98. The molecular formula is C21H25NO5. The standard InChI is InChI=1S/C21H25NO5/c1-21(2,3)17(23)12-27-20(26)15-10-6-7-11-16(15)22-18(24)13-8-4-5-9-14(13)19(22)25/h6-7,10-11,13-14H,4-5,8-9,12H2,1-3H3/t13-,14-/m0/s1. The van der Waals surface area contributed by atoms with Crippen LogP contribution < -0.4 is 4.90 Å². The molecule has 0 unspecified atom stereocenters. The highest BCUT2D eigenvalue weighted by Gasteiger charge is 2.49. The molecule has 0 spiro atoms. The van der Waals surface area contributed by atoms with Gasteiger partial charge in [0, 0.05) is 5.41 Å². The van der Waals surface area contributed by atoms with Crippen LogP contribution in [0.1, 0.15) is 56.8 Å². The molecule has 2 aliphatic rings. The number of carbonyl (C=O) groups excluding carboxylic acids is 4. The second-order valence-corrected chi connectivity index (χ2v) is 8.28. The lowest BCUT2D eigenvalue weighted by molar-refractivity contribution is -0.129. The van der Waals surface area contributed by atoms with E-state index in [2.05, 4.69) is 0 Å². The number of para-hydroxylation sites is 1. The van der Waals surface area contributed by atoms with Crippen LogP contribution in [0.5, 0.6) is 0 Å². The van der Waals surface area contributed by atoms with Crippen LogP contribution in [0.15, 0.2) is 24.3 Å². The van der Waals surface area contributed by atoms with Gasteiger partial charge in [-0.15, -0.1) is 0 Å².